The minimum Gasteiger partial charge on any atom is -0.448 e. The Balaban J connectivity index is 1.44. The fraction of sp³-hybridized carbons (Fsp3) is 0.0909. The van der Waals surface area contributed by atoms with Crippen LogP contribution in [0.2, 0.25) is 5.02 Å². The second-order valence-corrected chi connectivity index (χ2v) is 7.50. The summed E-state index contributed by atoms with van der Waals surface area (Å²) in [4.78, 5) is 29.9. The molecule has 0 spiro atoms. The molecule has 0 aliphatic carbocycles. The van der Waals surface area contributed by atoms with Gasteiger partial charge in [-0.1, -0.05) is 29.8 Å². The standard InChI is InChI=1S/C22H16ClN5O3/c1-13-9-18(28(26-13)15-6-4-5-14(23)10-15)25-19(29)11-27-12-24-20-16-7-2-3-8-17(16)31-21(20)22(27)30/h2-10,12H,11H2,1H3,(H,25,29). The summed E-state index contributed by atoms with van der Waals surface area (Å²) in [5.41, 5.74) is 2.18. The molecular formula is C22H16ClN5O3. The van der Waals surface area contributed by atoms with Gasteiger partial charge < -0.3 is 9.73 Å². The molecule has 1 N–H and O–H groups in total. The van der Waals surface area contributed by atoms with Crippen molar-refractivity contribution in [2.24, 2.45) is 0 Å². The maximum Gasteiger partial charge on any atom is 0.297 e. The number of anilines is 1. The molecule has 0 atom stereocenters. The van der Waals surface area contributed by atoms with Crippen LogP contribution in [-0.2, 0) is 11.3 Å². The van der Waals surface area contributed by atoms with Gasteiger partial charge in [0.15, 0.2) is 0 Å². The van der Waals surface area contributed by atoms with Gasteiger partial charge in [-0.15, -0.1) is 0 Å². The molecule has 5 rings (SSSR count). The fourth-order valence-corrected chi connectivity index (χ4v) is 3.64. The van der Waals surface area contributed by atoms with Gasteiger partial charge in [-0.3, -0.25) is 14.2 Å². The molecule has 1 amide bonds. The smallest absolute Gasteiger partial charge is 0.297 e. The maximum atomic E-state index is 12.8. The van der Waals surface area contributed by atoms with E-state index >= 15 is 0 Å². The number of rotatable bonds is 4. The Kier molecular flexibility index (Phi) is 4.56. The Morgan fingerprint density at radius 1 is 1.16 bits per heavy atom. The number of furan rings is 1. The summed E-state index contributed by atoms with van der Waals surface area (Å²) in [6, 6.07) is 16.1. The second kappa shape index (κ2) is 7.41. The number of benzene rings is 2. The molecule has 2 aromatic carbocycles. The zero-order valence-electron chi connectivity index (χ0n) is 16.4. The summed E-state index contributed by atoms with van der Waals surface area (Å²) in [6.45, 7) is 1.60. The topological polar surface area (TPSA) is 95.0 Å². The molecule has 9 heteroatoms. The van der Waals surface area contributed by atoms with Crippen LogP contribution in [0.3, 0.4) is 0 Å². The van der Waals surface area contributed by atoms with Crippen molar-refractivity contribution in [3.63, 3.8) is 0 Å². The van der Waals surface area contributed by atoms with Crippen molar-refractivity contribution in [3.8, 4) is 5.69 Å². The number of hydrogen-bond donors (Lipinski definition) is 1. The van der Waals surface area contributed by atoms with Gasteiger partial charge in [0.05, 0.1) is 17.7 Å². The lowest BCUT2D eigenvalue weighted by molar-refractivity contribution is -0.116. The third-order valence-electron chi connectivity index (χ3n) is 4.82. The van der Waals surface area contributed by atoms with E-state index in [0.717, 1.165) is 11.1 Å². The van der Waals surface area contributed by atoms with Crippen LogP contribution in [0.1, 0.15) is 5.69 Å². The number of carbonyl (C=O) groups excluding carboxylic acids is 1. The summed E-state index contributed by atoms with van der Waals surface area (Å²) >= 11 is 6.08. The van der Waals surface area contributed by atoms with Gasteiger partial charge in [0.25, 0.3) is 5.56 Å². The third kappa shape index (κ3) is 3.47. The molecule has 3 aromatic heterocycles. The first-order valence-electron chi connectivity index (χ1n) is 9.49. The molecule has 0 fully saturated rings. The Morgan fingerprint density at radius 2 is 2.00 bits per heavy atom. The SMILES string of the molecule is Cc1cc(NC(=O)Cn2cnc3c(oc4ccccc43)c2=O)n(-c2cccc(Cl)c2)n1. The van der Waals surface area contributed by atoms with E-state index in [1.54, 1.807) is 35.0 Å². The lowest BCUT2D eigenvalue weighted by atomic mass is 10.2. The van der Waals surface area contributed by atoms with E-state index in [9.17, 15) is 9.59 Å². The van der Waals surface area contributed by atoms with Gasteiger partial charge in [0.1, 0.15) is 23.5 Å². The van der Waals surface area contributed by atoms with E-state index in [1.165, 1.54) is 10.9 Å². The number of fused-ring (bicyclic) bond motifs is 3. The molecule has 31 heavy (non-hydrogen) atoms. The number of carbonyl (C=O) groups is 1. The molecule has 0 saturated heterocycles. The van der Waals surface area contributed by atoms with Crippen LogP contribution in [0.5, 0.6) is 0 Å². The van der Waals surface area contributed by atoms with Crippen LogP contribution in [0.25, 0.3) is 27.8 Å². The van der Waals surface area contributed by atoms with Gasteiger partial charge in [-0.2, -0.15) is 5.10 Å². The van der Waals surface area contributed by atoms with Crippen molar-refractivity contribution in [2.75, 3.05) is 5.32 Å². The molecule has 3 heterocycles. The van der Waals surface area contributed by atoms with Crippen molar-refractivity contribution >= 4 is 45.4 Å². The van der Waals surface area contributed by atoms with Crippen LogP contribution >= 0.6 is 11.6 Å². The van der Waals surface area contributed by atoms with E-state index in [4.69, 9.17) is 16.0 Å². The normalized spacial score (nSPS) is 11.3. The van der Waals surface area contributed by atoms with Crippen molar-refractivity contribution in [3.05, 3.63) is 82.0 Å². The van der Waals surface area contributed by atoms with E-state index in [2.05, 4.69) is 15.4 Å². The van der Waals surface area contributed by atoms with Crippen LogP contribution in [0.4, 0.5) is 5.82 Å². The van der Waals surface area contributed by atoms with Gasteiger partial charge in [0.2, 0.25) is 11.5 Å². The number of nitrogens with zero attached hydrogens (tertiary/aromatic N) is 4. The zero-order valence-corrected chi connectivity index (χ0v) is 17.1. The Labute approximate surface area is 180 Å². The van der Waals surface area contributed by atoms with Gasteiger partial charge in [-0.25, -0.2) is 9.67 Å². The number of nitrogens with one attached hydrogen (secondary N) is 1. The molecule has 0 bridgehead atoms. The molecule has 0 aliphatic rings. The minimum atomic E-state index is -0.420. The van der Waals surface area contributed by atoms with Crippen LogP contribution < -0.4 is 10.9 Å². The average molecular weight is 434 g/mol. The Morgan fingerprint density at radius 3 is 2.84 bits per heavy atom. The summed E-state index contributed by atoms with van der Waals surface area (Å²) in [7, 11) is 0. The zero-order chi connectivity index (χ0) is 21.5. The van der Waals surface area contributed by atoms with Gasteiger partial charge >= 0.3 is 0 Å². The summed E-state index contributed by atoms with van der Waals surface area (Å²) in [5.74, 6) is 0.0677. The highest BCUT2D eigenvalue weighted by Gasteiger charge is 2.16. The van der Waals surface area contributed by atoms with Crippen molar-refractivity contribution < 1.29 is 9.21 Å². The number of aromatic nitrogens is 4. The number of halogens is 1. The molecule has 8 nitrogen and oxygen atoms in total. The minimum absolute atomic E-state index is 0.122. The lowest BCUT2D eigenvalue weighted by Crippen LogP contribution is -2.28. The Bertz CT molecular complexity index is 1510. The van der Waals surface area contributed by atoms with Gasteiger partial charge in [0, 0.05) is 16.5 Å². The first kappa shape index (κ1) is 19.1. The van der Waals surface area contributed by atoms with Crippen molar-refractivity contribution in [1.82, 2.24) is 19.3 Å². The highest BCUT2D eigenvalue weighted by molar-refractivity contribution is 6.30. The van der Waals surface area contributed by atoms with Gasteiger partial charge in [-0.05, 0) is 37.3 Å². The monoisotopic (exact) mass is 433 g/mol. The number of amides is 1. The highest BCUT2D eigenvalue weighted by atomic mass is 35.5. The highest BCUT2D eigenvalue weighted by Crippen LogP contribution is 2.24. The third-order valence-corrected chi connectivity index (χ3v) is 5.05. The van der Waals surface area contributed by atoms with Crippen molar-refractivity contribution in [2.45, 2.75) is 13.5 Å². The molecule has 0 saturated carbocycles. The first-order valence-corrected chi connectivity index (χ1v) is 9.86. The summed E-state index contributed by atoms with van der Waals surface area (Å²) in [6.07, 6.45) is 1.35. The fourth-order valence-electron chi connectivity index (χ4n) is 3.46. The van der Waals surface area contributed by atoms with E-state index < -0.39 is 11.5 Å². The largest absolute Gasteiger partial charge is 0.448 e. The molecule has 0 radical (unpaired) electrons. The van der Waals surface area contributed by atoms with E-state index in [0.29, 0.717) is 27.6 Å². The predicted octanol–water partition coefficient (Wildman–Crippen LogP) is 3.93. The first-order chi connectivity index (χ1) is 15.0. The summed E-state index contributed by atoms with van der Waals surface area (Å²) < 4.78 is 8.46. The Hall–Kier alpha value is -3.91. The van der Waals surface area contributed by atoms with Crippen molar-refractivity contribution in [1.29, 1.82) is 0 Å². The lowest BCUT2D eigenvalue weighted by Gasteiger charge is -2.10. The summed E-state index contributed by atoms with van der Waals surface area (Å²) in [5, 5.41) is 8.52. The van der Waals surface area contributed by atoms with E-state index in [-0.39, 0.29) is 12.1 Å². The number of hydrogen-bond acceptors (Lipinski definition) is 5. The maximum absolute atomic E-state index is 12.8. The molecule has 154 valence electrons. The number of aryl methyl sites for hydroxylation is 1. The molecule has 5 aromatic rings. The number of para-hydroxylation sites is 1. The predicted molar refractivity (Wildman–Crippen MR) is 118 cm³/mol. The molecule has 0 aliphatic heterocycles. The molecule has 0 unspecified atom stereocenters. The molecular weight excluding hydrogens is 418 g/mol. The van der Waals surface area contributed by atoms with Crippen LogP contribution in [0.15, 0.2) is 70.1 Å². The second-order valence-electron chi connectivity index (χ2n) is 7.06. The van der Waals surface area contributed by atoms with E-state index in [1.807, 2.05) is 31.2 Å². The quantitative estimate of drug-likeness (QED) is 0.463. The average Bonchev–Trinajstić information content (AvgIpc) is 3.31. The van der Waals surface area contributed by atoms with Crippen LogP contribution in [-0.4, -0.2) is 25.2 Å². The van der Waals surface area contributed by atoms with Crippen LogP contribution in [0, 0.1) is 6.92 Å².